The minimum Gasteiger partial charge on any atom is -0.479 e. The van der Waals surface area contributed by atoms with E-state index in [2.05, 4.69) is 10.4 Å². The van der Waals surface area contributed by atoms with Gasteiger partial charge in [-0.3, -0.25) is 14.3 Å². The molecule has 2 N–H and O–H groups in total. The van der Waals surface area contributed by atoms with Gasteiger partial charge in [-0.2, -0.15) is 0 Å². The Labute approximate surface area is 126 Å². The predicted octanol–water partition coefficient (Wildman–Crippen LogP) is -0.619. The number of rotatable bonds is 6. The van der Waals surface area contributed by atoms with Gasteiger partial charge in [0.15, 0.2) is 0 Å². The third kappa shape index (κ3) is 3.73. The van der Waals surface area contributed by atoms with Crippen LogP contribution in [-0.2, 0) is 13.6 Å². The fourth-order valence-electron chi connectivity index (χ4n) is 1.98. The minimum absolute atomic E-state index is 0.0121. The molecule has 0 aliphatic rings. The number of carbonyl (C=O) groups excluding carboxylic acids is 1. The van der Waals surface area contributed by atoms with Crippen molar-refractivity contribution in [2.24, 2.45) is 7.05 Å². The van der Waals surface area contributed by atoms with Gasteiger partial charge in [0, 0.05) is 32.1 Å². The number of hydrogen-bond acceptors (Lipinski definition) is 5. The van der Waals surface area contributed by atoms with Crippen LogP contribution in [0.25, 0.3) is 0 Å². The van der Waals surface area contributed by atoms with Gasteiger partial charge in [0.2, 0.25) is 5.88 Å². The number of aryl methyl sites for hydroxylation is 1. The fourth-order valence-corrected chi connectivity index (χ4v) is 1.98. The zero-order chi connectivity index (χ0) is 16.1. The maximum atomic E-state index is 12.0. The Kier molecular flexibility index (Phi) is 4.95. The lowest BCUT2D eigenvalue weighted by Crippen LogP contribution is -2.36. The number of pyridine rings is 1. The Morgan fingerprint density at radius 2 is 2.27 bits per heavy atom. The molecule has 0 aromatic carbocycles. The van der Waals surface area contributed by atoms with Crippen molar-refractivity contribution < 1.29 is 14.6 Å². The maximum Gasteiger partial charge on any atom is 0.258 e. The van der Waals surface area contributed by atoms with Crippen molar-refractivity contribution in [2.45, 2.75) is 12.6 Å². The molecule has 2 aromatic rings. The first-order valence-corrected chi connectivity index (χ1v) is 6.70. The lowest BCUT2D eigenvalue weighted by molar-refractivity contribution is 0.0900. The first-order valence-electron chi connectivity index (χ1n) is 6.70. The molecule has 1 amide bonds. The average molecular weight is 306 g/mol. The number of aromatic nitrogens is 3. The largest absolute Gasteiger partial charge is 0.479 e. The summed E-state index contributed by atoms with van der Waals surface area (Å²) in [5, 5.41) is 16.5. The molecule has 1 atom stereocenters. The van der Waals surface area contributed by atoms with Crippen LogP contribution in [0, 0.1) is 0 Å². The van der Waals surface area contributed by atoms with Gasteiger partial charge in [-0.1, -0.05) is 6.07 Å². The number of nitrogens with one attached hydrogen (secondary N) is 1. The summed E-state index contributed by atoms with van der Waals surface area (Å²) in [4.78, 5) is 23.6. The van der Waals surface area contributed by atoms with Crippen LogP contribution < -0.4 is 15.6 Å². The van der Waals surface area contributed by atoms with Gasteiger partial charge in [0.05, 0.1) is 19.8 Å². The van der Waals surface area contributed by atoms with Crippen molar-refractivity contribution in [1.29, 1.82) is 0 Å². The Bertz CT molecular complexity index is 707. The van der Waals surface area contributed by atoms with E-state index in [1.54, 1.807) is 25.4 Å². The number of aliphatic hydroxyl groups is 1. The molecule has 2 heterocycles. The lowest BCUT2D eigenvalue weighted by atomic mass is 10.3. The van der Waals surface area contributed by atoms with Gasteiger partial charge in [-0.25, -0.2) is 0 Å². The van der Waals surface area contributed by atoms with Gasteiger partial charge in [-0.15, -0.1) is 5.10 Å². The van der Waals surface area contributed by atoms with Gasteiger partial charge >= 0.3 is 0 Å². The Hall–Kier alpha value is -2.61. The third-order valence-electron chi connectivity index (χ3n) is 3.04. The molecule has 8 heteroatoms. The maximum absolute atomic E-state index is 12.0. The van der Waals surface area contributed by atoms with Gasteiger partial charge in [0.1, 0.15) is 5.56 Å². The second kappa shape index (κ2) is 6.90. The summed E-state index contributed by atoms with van der Waals surface area (Å²) in [5.41, 5.74) is 0.0795. The predicted molar refractivity (Wildman–Crippen MR) is 78.8 cm³/mol. The molecule has 0 radical (unpaired) electrons. The van der Waals surface area contributed by atoms with Crippen molar-refractivity contribution in [2.75, 3.05) is 13.7 Å². The molecule has 8 nitrogen and oxygen atoms in total. The van der Waals surface area contributed by atoms with E-state index in [0.717, 1.165) is 0 Å². The highest BCUT2D eigenvalue weighted by molar-refractivity contribution is 5.96. The summed E-state index contributed by atoms with van der Waals surface area (Å²) >= 11 is 0. The van der Waals surface area contributed by atoms with Crippen LogP contribution in [0.15, 0.2) is 35.4 Å². The average Bonchev–Trinajstić information content (AvgIpc) is 2.88. The Morgan fingerprint density at radius 1 is 1.50 bits per heavy atom. The van der Waals surface area contributed by atoms with Crippen LogP contribution in [0.4, 0.5) is 0 Å². The van der Waals surface area contributed by atoms with E-state index >= 15 is 0 Å². The summed E-state index contributed by atoms with van der Waals surface area (Å²) in [5.74, 6) is -0.182. The normalized spacial score (nSPS) is 12.0. The highest BCUT2D eigenvalue weighted by atomic mass is 16.5. The quantitative estimate of drug-likeness (QED) is 0.741. The van der Waals surface area contributed by atoms with E-state index in [9.17, 15) is 14.7 Å². The molecule has 0 unspecified atom stereocenters. The molecule has 0 bridgehead atoms. The van der Waals surface area contributed by atoms with E-state index in [4.69, 9.17) is 4.74 Å². The molecule has 0 fully saturated rings. The topological polar surface area (TPSA) is 98.4 Å². The van der Waals surface area contributed by atoms with E-state index in [-0.39, 0.29) is 30.1 Å². The number of methoxy groups -OCH3 is 1. The van der Waals surface area contributed by atoms with Crippen LogP contribution in [0.1, 0.15) is 10.4 Å². The second-order valence-electron chi connectivity index (χ2n) is 4.78. The van der Waals surface area contributed by atoms with Gasteiger partial charge in [0.25, 0.3) is 11.5 Å². The first-order chi connectivity index (χ1) is 10.5. The summed E-state index contributed by atoms with van der Waals surface area (Å²) in [6.07, 6.45) is 2.23. The van der Waals surface area contributed by atoms with Crippen molar-refractivity contribution in [3.63, 3.8) is 0 Å². The molecule has 22 heavy (non-hydrogen) atoms. The van der Waals surface area contributed by atoms with Crippen molar-refractivity contribution in [3.8, 4) is 5.88 Å². The number of hydrogen-bond donors (Lipinski definition) is 2. The summed E-state index contributed by atoms with van der Waals surface area (Å²) < 4.78 is 7.85. The van der Waals surface area contributed by atoms with Crippen molar-refractivity contribution in [1.82, 2.24) is 19.7 Å². The van der Waals surface area contributed by atoms with Crippen LogP contribution in [-0.4, -0.2) is 45.1 Å². The molecule has 2 rings (SSSR count). The van der Waals surface area contributed by atoms with E-state index in [1.165, 1.54) is 28.6 Å². The van der Waals surface area contributed by atoms with Crippen LogP contribution >= 0.6 is 0 Å². The van der Waals surface area contributed by atoms with E-state index < -0.39 is 12.0 Å². The smallest absolute Gasteiger partial charge is 0.258 e. The molecule has 118 valence electrons. The highest BCUT2D eigenvalue weighted by Crippen LogP contribution is 2.14. The van der Waals surface area contributed by atoms with Gasteiger partial charge < -0.3 is 19.7 Å². The number of aliphatic hydroxyl groups excluding tert-OH is 1. The standard InChI is InChI=1S/C14H18N4O4/c1-17-9-11(14(16-17)22-2)13(21)15-7-10(19)8-18-6-4-3-5-12(18)20/h3-6,9-10,19H,7-8H2,1-2H3,(H,15,21)/t10-/m0/s1. The zero-order valence-electron chi connectivity index (χ0n) is 12.4. The Balaban J connectivity index is 1.93. The van der Waals surface area contributed by atoms with Crippen LogP contribution in [0.2, 0.25) is 0 Å². The molecule has 0 saturated heterocycles. The molecule has 2 aromatic heterocycles. The molecular formula is C14H18N4O4. The molecular weight excluding hydrogens is 288 g/mol. The first kappa shape index (κ1) is 15.8. The number of ether oxygens (including phenoxy) is 1. The molecule has 0 saturated carbocycles. The Morgan fingerprint density at radius 3 is 2.95 bits per heavy atom. The number of amides is 1. The van der Waals surface area contributed by atoms with E-state index in [1.807, 2.05) is 0 Å². The minimum atomic E-state index is -0.883. The lowest BCUT2D eigenvalue weighted by Gasteiger charge is -2.13. The monoisotopic (exact) mass is 306 g/mol. The molecule has 0 spiro atoms. The van der Waals surface area contributed by atoms with Gasteiger partial charge in [-0.05, 0) is 6.07 Å². The third-order valence-corrected chi connectivity index (χ3v) is 3.04. The highest BCUT2D eigenvalue weighted by Gasteiger charge is 2.17. The number of nitrogens with zero attached hydrogens (tertiary/aromatic N) is 3. The fraction of sp³-hybridized carbons (Fsp3) is 0.357. The summed E-state index contributed by atoms with van der Waals surface area (Å²) in [6.45, 7) is 0.113. The summed E-state index contributed by atoms with van der Waals surface area (Å²) in [7, 11) is 3.10. The van der Waals surface area contributed by atoms with Crippen LogP contribution in [0.3, 0.4) is 0 Å². The zero-order valence-corrected chi connectivity index (χ0v) is 12.4. The number of carbonyl (C=O) groups is 1. The van der Waals surface area contributed by atoms with E-state index in [0.29, 0.717) is 0 Å². The van der Waals surface area contributed by atoms with Crippen molar-refractivity contribution in [3.05, 3.63) is 46.5 Å². The molecule has 0 aliphatic heterocycles. The second-order valence-corrected chi connectivity index (χ2v) is 4.78. The SMILES string of the molecule is COc1nn(C)cc1C(=O)NC[C@H](O)Cn1ccccc1=O. The van der Waals surface area contributed by atoms with Crippen molar-refractivity contribution >= 4 is 5.91 Å². The summed E-state index contributed by atoms with van der Waals surface area (Å²) in [6, 6.07) is 4.74. The molecule has 0 aliphatic carbocycles. The van der Waals surface area contributed by atoms with Crippen LogP contribution in [0.5, 0.6) is 5.88 Å².